The molecule has 19 heavy (non-hydrogen) atoms. The Hall–Kier alpha value is -0.870. The Balaban J connectivity index is 2.32. The van der Waals surface area contributed by atoms with Gasteiger partial charge in [-0.25, -0.2) is 0 Å². The summed E-state index contributed by atoms with van der Waals surface area (Å²) in [6, 6.07) is 4.10. The van der Waals surface area contributed by atoms with Crippen LogP contribution in [0.2, 0.25) is 0 Å². The van der Waals surface area contributed by atoms with E-state index < -0.39 is 0 Å². The molecule has 4 heteroatoms. The minimum Gasteiger partial charge on any atom is -0.341 e. The van der Waals surface area contributed by atoms with Crippen LogP contribution in [-0.2, 0) is 11.3 Å². The van der Waals surface area contributed by atoms with Crippen molar-refractivity contribution < 1.29 is 4.79 Å². The first kappa shape index (κ1) is 16.2. The van der Waals surface area contributed by atoms with Gasteiger partial charge < -0.3 is 10.6 Å². The quantitative estimate of drug-likeness (QED) is 0.755. The van der Waals surface area contributed by atoms with Gasteiger partial charge >= 0.3 is 0 Å². The Kier molecular flexibility index (Phi) is 7.75. The van der Waals surface area contributed by atoms with Gasteiger partial charge in [0.25, 0.3) is 0 Å². The van der Waals surface area contributed by atoms with Crippen LogP contribution in [0, 0.1) is 5.92 Å². The largest absolute Gasteiger partial charge is 0.341 e. The summed E-state index contributed by atoms with van der Waals surface area (Å²) in [5.74, 6) is 0.848. The average Bonchev–Trinajstić information content (AvgIpc) is 2.89. The summed E-state index contributed by atoms with van der Waals surface area (Å²) in [6.07, 6.45) is 5.00. The molecule has 3 nitrogen and oxygen atoms in total. The molecule has 1 atom stereocenters. The van der Waals surface area contributed by atoms with Gasteiger partial charge in [0, 0.05) is 18.3 Å². The molecule has 1 unspecified atom stereocenters. The molecule has 2 N–H and O–H groups in total. The van der Waals surface area contributed by atoms with Gasteiger partial charge in [-0.15, -0.1) is 11.3 Å². The highest BCUT2D eigenvalue weighted by Gasteiger charge is 2.13. The van der Waals surface area contributed by atoms with E-state index >= 15 is 0 Å². The molecular weight excluding hydrogens is 256 g/mol. The van der Waals surface area contributed by atoms with Crippen LogP contribution in [0.5, 0.6) is 0 Å². The molecule has 108 valence electrons. The van der Waals surface area contributed by atoms with Crippen molar-refractivity contribution >= 4 is 17.2 Å². The van der Waals surface area contributed by atoms with Gasteiger partial charge in [-0.2, -0.15) is 0 Å². The minimum atomic E-state index is 0.242. The summed E-state index contributed by atoms with van der Waals surface area (Å²) in [6.45, 7) is 3.64. The number of hydrogen-bond acceptors (Lipinski definition) is 3. The van der Waals surface area contributed by atoms with Crippen molar-refractivity contribution in [1.29, 1.82) is 0 Å². The predicted molar refractivity (Wildman–Crippen MR) is 82.1 cm³/mol. The molecule has 0 aromatic carbocycles. The molecule has 0 saturated carbocycles. The maximum atomic E-state index is 12.1. The fourth-order valence-corrected chi connectivity index (χ4v) is 3.08. The summed E-state index contributed by atoms with van der Waals surface area (Å²) in [5, 5.41) is 2.05. The van der Waals surface area contributed by atoms with Gasteiger partial charge in [-0.1, -0.05) is 25.8 Å². The number of carbonyl (C=O) groups excluding carboxylic acids is 1. The van der Waals surface area contributed by atoms with Crippen LogP contribution in [-0.4, -0.2) is 24.4 Å². The Morgan fingerprint density at radius 2 is 2.21 bits per heavy atom. The fraction of sp³-hybridized carbons (Fsp3) is 0.667. The summed E-state index contributed by atoms with van der Waals surface area (Å²) in [7, 11) is 1.89. The number of carbonyl (C=O) groups is 1. The second kappa shape index (κ2) is 9.10. The molecule has 1 aromatic rings. The normalized spacial score (nSPS) is 12.4. The number of rotatable bonds is 9. The molecule has 0 saturated heterocycles. The van der Waals surface area contributed by atoms with Gasteiger partial charge in [-0.3, -0.25) is 4.79 Å². The second-order valence-electron chi connectivity index (χ2n) is 5.10. The third kappa shape index (κ3) is 6.21. The topological polar surface area (TPSA) is 46.3 Å². The lowest BCUT2D eigenvalue weighted by Crippen LogP contribution is -2.26. The van der Waals surface area contributed by atoms with E-state index in [2.05, 4.69) is 13.0 Å². The van der Waals surface area contributed by atoms with E-state index in [0.717, 1.165) is 25.9 Å². The lowest BCUT2D eigenvalue weighted by atomic mass is 9.94. The third-order valence-electron chi connectivity index (χ3n) is 3.44. The molecule has 1 rings (SSSR count). The van der Waals surface area contributed by atoms with Crippen LogP contribution in [0.15, 0.2) is 17.5 Å². The highest BCUT2D eigenvalue weighted by Crippen LogP contribution is 2.18. The van der Waals surface area contributed by atoms with Crippen molar-refractivity contribution in [3.63, 3.8) is 0 Å². The molecule has 0 aliphatic rings. The van der Waals surface area contributed by atoms with Crippen molar-refractivity contribution in [1.82, 2.24) is 4.90 Å². The highest BCUT2D eigenvalue weighted by atomic mass is 32.1. The highest BCUT2D eigenvalue weighted by molar-refractivity contribution is 7.09. The van der Waals surface area contributed by atoms with Gasteiger partial charge in [0.05, 0.1) is 6.54 Å². The summed E-state index contributed by atoms with van der Waals surface area (Å²) in [5.41, 5.74) is 5.62. The lowest BCUT2D eigenvalue weighted by Gasteiger charge is -2.19. The van der Waals surface area contributed by atoms with E-state index in [4.69, 9.17) is 5.73 Å². The fourth-order valence-electron chi connectivity index (χ4n) is 2.32. The number of amides is 1. The first-order valence-corrected chi connectivity index (χ1v) is 8.01. The molecule has 1 heterocycles. The van der Waals surface area contributed by atoms with Crippen molar-refractivity contribution in [2.45, 2.75) is 45.6 Å². The SMILES string of the molecule is CCCC(CCN)CCC(=O)N(C)Cc1cccs1. The predicted octanol–water partition coefficient (Wildman–Crippen LogP) is 3.25. The molecule has 1 amide bonds. The molecule has 0 radical (unpaired) electrons. The average molecular weight is 282 g/mol. The Morgan fingerprint density at radius 1 is 1.42 bits per heavy atom. The van der Waals surface area contributed by atoms with Crippen LogP contribution >= 0.6 is 11.3 Å². The molecule has 0 fully saturated rings. The number of hydrogen-bond donors (Lipinski definition) is 1. The zero-order chi connectivity index (χ0) is 14.1. The van der Waals surface area contributed by atoms with E-state index in [1.54, 1.807) is 11.3 Å². The maximum Gasteiger partial charge on any atom is 0.222 e. The Morgan fingerprint density at radius 3 is 2.79 bits per heavy atom. The molecule has 0 aliphatic heterocycles. The van der Waals surface area contributed by atoms with Gasteiger partial charge in [-0.05, 0) is 36.8 Å². The van der Waals surface area contributed by atoms with Crippen molar-refractivity contribution in [2.75, 3.05) is 13.6 Å². The first-order chi connectivity index (χ1) is 9.17. The van der Waals surface area contributed by atoms with E-state index in [9.17, 15) is 4.79 Å². The van der Waals surface area contributed by atoms with Crippen LogP contribution in [0.1, 0.15) is 43.9 Å². The van der Waals surface area contributed by atoms with Crippen LogP contribution < -0.4 is 5.73 Å². The van der Waals surface area contributed by atoms with Crippen molar-refractivity contribution in [3.8, 4) is 0 Å². The smallest absolute Gasteiger partial charge is 0.222 e. The second-order valence-corrected chi connectivity index (χ2v) is 6.13. The molecular formula is C15H26N2OS. The summed E-state index contributed by atoms with van der Waals surface area (Å²) >= 11 is 1.70. The Bertz CT molecular complexity index is 345. The van der Waals surface area contributed by atoms with E-state index in [0.29, 0.717) is 12.3 Å². The molecule has 0 spiro atoms. The van der Waals surface area contributed by atoms with Crippen LogP contribution in [0.4, 0.5) is 0 Å². The van der Waals surface area contributed by atoms with Crippen LogP contribution in [0.3, 0.4) is 0 Å². The number of nitrogens with two attached hydrogens (primary N) is 1. The standard InChI is InChI=1S/C15H26N2OS/c1-3-5-13(9-10-16)7-8-15(18)17(2)12-14-6-4-11-19-14/h4,6,11,13H,3,5,7-10,12,16H2,1-2H3. The lowest BCUT2D eigenvalue weighted by molar-refractivity contribution is -0.130. The minimum absolute atomic E-state index is 0.242. The molecule has 1 aromatic heterocycles. The first-order valence-electron chi connectivity index (χ1n) is 7.13. The van der Waals surface area contributed by atoms with Crippen LogP contribution in [0.25, 0.3) is 0 Å². The van der Waals surface area contributed by atoms with Gasteiger partial charge in [0.15, 0.2) is 0 Å². The summed E-state index contributed by atoms with van der Waals surface area (Å²) < 4.78 is 0. The van der Waals surface area contributed by atoms with E-state index in [-0.39, 0.29) is 5.91 Å². The zero-order valence-corrected chi connectivity index (χ0v) is 12.9. The molecule has 0 bridgehead atoms. The van der Waals surface area contributed by atoms with E-state index in [1.165, 1.54) is 17.7 Å². The monoisotopic (exact) mass is 282 g/mol. The molecule has 0 aliphatic carbocycles. The zero-order valence-electron chi connectivity index (χ0n) is 12.1. The van der Waals surface area contributed by atoms with Crippen molar-refractivity contribution in [3.05, 3.63) is 22.4 Å². The summed E-state index contributed by atoms with van der Waals surface area (Å²) in [4.78, 5) is 15.2. The third-order valence-corrected chi connectivity index (χ3v) is 4.30. The van der Waals surface area contributed by atoms with E-state index in [1.807, 2.05) is 23.4 Å². The maximum absolute atomic E-state index is 12.1. The van der Waals surface area contributed by atoms with Gasteiger partial charge in [0.1, 0.15) is 0 Å². The number of thiophene rings is 1. The van der Waals surface area contributed by atoms with Gasteiger partial charge in [0.2, 0.25) is 5.91 Å². The number of nitrogens with zero attached hydrogens (tertiary/aromatic N) is 1. The Labute approximate surface area is 120 Å². The van der Waals surface area contributed by atoms with Crippen molar-refractivity contribution in [2.24, 2.45) is 11.7 Å².